The Labute approximate surface area is 184 Å². The predicted octanol–water partition coefficient (Wildman–Crippen LogP) is 5.69. The molecule has 1 aromatic heterocycles. The van der Waals surface area contributed by atoms with Crippen LogP contribution in [0.1, 0.15) is 51.7 Å². The van der Waals surface area contributed by atoms with E-state index in [-0.39, 0.29) is 33.2 Å². The number of ether oxygens (including phenoxy) is 2. The Morgan fingerprint density at radius 3 is 2.23 bits per heavy atom. The van der Waals surface area contributed by atoms with Crippen LogP contribution in [0.4, 0.5) is 4.39 Å². The first kappa shape index (κ1) is 22.7. The fraction of sp³-hybridized carbons (Fsp3) is 0.409. The molecule has 0 atom stereocenters. The molecule has 1 aromatic carbocycles. The number of rotatable bonds is 4. The third-order valence-corrected chi connectivity index (χ3v) is 5.64. The van der Waals surface area contributed by atoms with E-state index in [4.69, 9.17) is 32.7 Å². The number of hydrogen-bond acceptors (Lipinski definition) is 5. The summed E-state index contributed by atoms with van der Waals surface area (Å²) in [7, 11) is 0. The predicted molar refractivity (Wildman–Crippen MR) is 112 cm³/mol. The quantitative estimate of drug-likeness (QED) is 0.439. The van der Waals surface area contributed by atoms with E-state index in [1.165, 1.54) is 6.07 Å². The Hall–Kier alpha value is -2.02. The lowest BCUT2D eigenvalue weighted by atomic mass is 9.73. The number of aryl methyl sites for hydroxylation is 1. The van der Waals surface area contributed by atoms with E-state index in [0.29, 0.717) is 12.0 Å². The summed E-state index contributed by atoms with van der Waals surface area (Å²) in [5.41, 5.74) is -0.911. The number of halogens is 3. The van der Waals surface area contributed by atoms with Crippen LogP contribution >= 0.6 is 23.2 Å². The minimum absolute atomic E-state index is 0.0306. The number of hydrogen-bond donors (Lipinski definition) is 0. The second-order valence-electron chi connectivity index (χ2n) is 8.15. The average molecular weight is 454 g/mol. The molecule has 0 bridgehead atoms. The van der Waals surface area contributed by atoms with Crippen molar-refractivity contribution in [2.75, 3.05) is 0 Å². The number of pyridine rings is 1. The van der Waals surface area contributed by atoms with Crippen LogP contribution in [0.25, 0.3) is 0 Å². The van der Waals surface area contributed by atoms with Crippen molar-refractivity contribution in [2.45, 2.75) is 58.2 Å². The highest BCUT2D eigenvalue weighted by atomic mass is 35.5. The number of Topliss-reactive ketones (excluding diaryl/α,β-unsaturated/α-hetero) is 2. The van der Waals surface area contributed by atoms with E-state index in [1.54, 1.807) is 45.9 Å². The summed E-state index contributed by atoms with van der Waals surface area (Å²) in [5.74, 6) is -2.48. The smallest absolute Gasteiger partial charge is 0.240 e. The van der Waals surface area contributed by atoms with Gasteiger partial charge >= 0.3 is 0 Å². The molecule has 0 radical (unpaired) electrons. The summed E-state index contributed by atoms with van der Waals surface area (Å²) in [5, 5.41) is -0.194. The van der Waals surface area contributed by atoms with E-state index < -0.39 is 23.1 Å². The molecule has 1 aliphatic heterocycles. The molecule has 1 fully saturated rings. The van der Waals surface area contributed by atoms with Crippen molar-refractivity contribution in [3.05, 3.63) is 51.4 Å². The second kappa shape index (κ2) is 7.91. The number of ketones is 2. The molecule has 0 N–H and O–H groups in total. The van der Waals surface area contributed by atoms with Gasteiger partial charge in [0.2, 0.25) is 11.8 Å². The van der Waals surface area contributed by atoms with Crippen LogP contribution < -0.4 is 4.74 Å². The topological polar surface area (TPSA) is 65.5 Å². The molecule has 30 heavy (non-hydrogen) atoms. The first-order chi connectivity index (χ1) is 13.9. The molecular formula is C22H22Cl2FNO4. The van der Waals surface area contributed by atoms with Crippen molar-refractivity contribution in [3.63, 3.8) is 0 Å². The standard InChI is InChI=1S/C22H22Cl2FNO4/c1-6-11-7-8-12(29-20-15(24)10-14(23)19(25)26-20)9-13(11)16-17(27)21(2,3)30-22(4,5)18(16)28/h7-10,16H,6H2,1-5H3. The number of aromatic nitrogens is 1. The Morgan fingerprint density at radius 1 is 1.07 bits per heavy atom. The van der Waals surface area contributed by atoms with Crippen LogP contribution in [0, 0.1) is 5.95 Å². The van der Waals surface area contributed by atoms with Crippen LogP contribution in [0.3, 0.4) is 0 Å². The third-order valence-electron chi connectivity index (χ3n) is 5.10. The third kappa shape index (κ3) is 4.09. The molecule has 2 heterocycles. The van der Waals surface area contributed by atoms with Crippen LogP contribution in [-0.2, 0) is 20.7 Å². The van der Waals surface area contributed by atoms with E-state index >= 15 is 0 Å². The Bertz CT molecular complexity index is 1010. The zero-order valence-corrected chi connectivity index (χ0v) is 18.8. The zero-order chi connectivity index (χ0) is 22.4. The maximum Gasteiger partial charge on any atom is 0.240 e. The fourth-order valence-corrected chi connectivity index (χ4v) is 4.07. The Morgan fingerprint density at radius 2 is 1.67 bits per heavy atom. The molecule has 5 nitrogen and oxygen atoms in total. The van der Waals surface area contributed by atoms with Crippen LogP contribution in [0.15, 0.2) is 24.3 Å². The maximum absolute atomic E-state index is 13.7. The lowest BCUT2D eigenvalue weighted by Gasteiger charge is -2.43. The molecule has 0 amide bonds. The normalized spacial score (nSPS) is 18.5. The van der Waals surface area contributed by atoms with Crippen LogP contribution in [0.5, 0.6) is 11.6 Å². The molecule has 8 heteroatoms. The summed E-state index contributed by atoms with van der Waals surface area (Å²) in [6.07, 6.45) is 0.600. The molecule has 160 valence electrons. The molecule has 0 spiro atoms. The molecule has 2 aromatic rings. The minimum Gasteiger partial charge on any atom is -0.437 e. The number of benzene rings is 1. The number of carbonyl (C=O) groups excluding carboxylic acids is 2. The van der Waals surface area contributed by atoms with Crippen molar-refractivity contribution < 1.29 is 23.5 Å². The summed E-state index contributed by atoms with van der Waals surface area (Å²) < 4.78 is 25.2. The van der Waals surface area contributed by atoms with Crippen molar-refractivity contribution >= 4 is 34.8 Å². The molecule has 0 saturated carbocycles. The molecule has 1 aliphatic rings. The first-order valence-corrected chi connectivity index (χ1v) is 10.2. The minimum atomic E-state index is -1.13. The highest BCUT2D eigenvalue weighted by Crippen LogP contribution is 2.41. The van der Waals surface area contributed by atoms with Crippen LogP contribution in [0.2, 0.25) is 10.0 Å². The van der Waals surface area contributed by atoms with Gasteiger partial charge in [0, 0.05) is 0 Å². The monoisotopic (exact) mass is 453 g/mol. The lowest BCUT2D eigenvalue weighted by Crippen LogP contribution is -2.58. The van der Waals surface area contributed by atoms with Gasteiger partial charge in [0.25, 0.3) is 0 Å². The molecule has 0 aliphatic carbocycles. The van der Waals surface area contributed by atoms with Crippen LogP contribution in [-0.4, -0.2) is 27.8 Å². The molecule has 3 rings (SSSR count). The van der Waals surface area contributed by atoms with Crippen molar-refractivity contribution in [2.24, 2.45) is 0 Å². The van der Waals surface area contributed by atoms with Gasteiger partial charge in [-0.15, -0.1) is 0 Å². The highest BCUT2D eigenvalue weighted by Gasteiger charge is 2.53. The summed E-state index contributed by atoms with van der Waals surface area (Å²) in [6.45, 7) is 8.55. The zero-order valence-electron chi connectivity index (χ0n) is 17.3. The van der Waals surface area contributed by atoms with E-state index in [9.17, 15) is 14.0 Å². The Kier molecular flexibility index (Phi) is 5.98. The SMILES string of the molecule is CCc1ccc(Oc2nc(F)c(Cl)cc2Cl)cc1C1C(=O)C(C)(C)OC(C)(C)C1=O. The summed E-state index contributed by atoms with van der Waals surface area (Å²) in [4.78, 5) is 29.9. The molecule has 0 unspecified atom stereocenters. The number of nitrogens with zero attached hydrogens (tertiary/aromatic N) is 1. The lowest BCUT2D eigenvalue weighted by molar-refractivity contribution is -0.184. The molecule has 1 saturated heterocycles. The van der Waals surface area contributed by atoms with Gasteiger partial charge in [-0.1, -0.05) is 36.2 Å². The van der Waals surface area contributed by atoms with E-state index in [1.807, 2.05) is 6.92 Å². The average Bonchev–Trinajstić information content (AvgIpc) is 2.64. The highest BCUT2D eigenvalue weighted by molar-refractivity contribution is 6.35. The van der Waals surface area contributed by atoms with Crippen molar-refractivity contribution in [1.29, 1.82) is 0 Å². The molecular weight excluding hydrogens is 432 g/mol. The van der Waals surface area contributed by atoms with Gasteiger partial charge in [-0.3, -0.25) is 9.59 Å². The van der Waals surface area contributed by atoms with E-state index in [0.717, 1.165) is 5.56 Å². The number of carbonyl (C=O) groups is 2. The van der Waals surface area contributed by atoms with Crippen molar-refractivity contribution in [3.8, 4) is 11.6 Å². The maximum atomic E-state index is 13.7. The fourth-order valence-electron chi connectivity index (χ4n) is 3.67. The van der Waals surface area contributed by atoms with Gasteiger partial charge in [0.05, 0.1) is 5.02 Å². The first-order valence-electron chi connectivity index (χ1n) is 9.48. The summed E-state index contributed by atoms with van der Waals surface area (Å²) in [6, 6.07) is 6.21. The van der Waals surface area contributed by atoms with Gasteiger partial charge in [-0.25, -0.2) is 0 Å². The van der Waals surface area contributed by atoms with Gasteiger partial charge in [0.15, 0.2) is 11.6 Å². The van der Waals surface area contributed by atoms with Gasteiger partial charge in [0.1, 0.15) is 27.9 Å². The van der Waals surface area contributed by atoms with E-state index in [2.05, 4.69) is 4.98 Å². The largest absolute Gasteiger partial charge is 0.437 e. The second-order valence-corrected chi connectivity index (χ2v) is 8.96. The van der Waals surface area contributed by atoms with Gasteiger partial charge in [-0.2, -0.15) is 9.37 Å². The van der Waals surface area contributed by atoms with Gasteiger partial charge < -0.3 is 9.47 Å². The van der Waals surface area contributed by atoms with Crippen molar-refractivity contribution in [1.82, 2.24) is 4.98 Å². The Balaban J connectivity index is 2.08. The van der Waals surface area contributed by atoms with Gasteiger partial charge in [-0.05, 0) is 63.4 Å². The summed E-state index contributed by atoms with van der Waals surface area (Å²) >= 11 is 11.7.